The second kappa shape index (κ2) is 8.35. The topological polar surface area (TPSA) is 97.0 Å². The quantitative estimate of drug-likeness (QED) is 0.753. The zero-order chi connectivity index (χ0) is 18.4. The molecular formula is C18H18N4O4. The second-order valence-electron chi connectivity index (χ2n) is 5.64. The first-order chi connectivity index (χ1) is 12.8. The van der Waals surface area contributed by atoms with Crippen LogP contribution in [0.15, 0.2) is 42.6 Å². The molecule has 0 unspecified atom stereocenters. The van der Waals surface area contributed by atoms with E-state index in [2.05, 4.69) is 10.00 Å². The molecule has 3 aromatic rings. The van der Waals surface area contributed by atoms with Gasteiger partial charge in [0.1, 0.15) is 5.52 Å². The van der Waals surface area contributed by atoms with E-state index in [4.69, 9.17) is 19.3 Å². The van der Waals surface area contributed by atoms with Crippen LogP contribution in [0.3, 0.4) is 0 Å². The summed E-state index contributed by atoms with van der Waals surface area (Å²) >= 11 is 0. The smallest absolute Gasteiger partial charge is 0.373 e. The van der Waals surface area contributed by atoms with E-state index in [1.807, 2.05) is 47.1 Å². The first-order valence-corrected chi connectivity index (χ1v) is 8.14. The second-order valence-corrected chi connectivity index (χ2v) is 5.64. The number of nitrogens with zero attached hydrogens (tertiary/aromatic N) is 4. The van der Waals surface area contributed by atoms with Crippen molar-refractivity contribution in [1.29, 1.82) is 0 Å². The van der Waals surface area contributed by atoms with E-state index in [0.29, 0.717) is 19.0 Å². The number of hydrogen-bond donors (Lipinski definition) is 1. The summed E-state index contributed by atoms with van der Waals surface area (Å²) in [6, 6.07) is 11.7. The Bertz CT molecular complexity index is 912. The molecule has 8 heteroatoms. The fraction of sp³-hybridized carbons (Fsp3) is 0.278. The number of hydrogen-bond acceptors (Lipinski definition) is 7. The average Bonchev–Trinajstić information content (AvgIpc) is 3.17. The van der Waals surface area contributed by atoms with Crippen LogP contribution in [0.1, 0.15) is 5.56 Å². The number of ether oxygens (including phenoxy) is 1. The van der Waals surface area contributed by atoms with E-state index in [-0.39, 0.29) is 12.8 Å². The number of benzene rings is 1. The van der Waals surface area contributed by atoms with Gasteiger partial charge in [-0.3, -0.25) is 0 Å². The molecule has 0 atom stereocenters. The molecule has 1 fully saturated rings. The Morgan fingerprint density at radius 3 is 2.65 bits per heavy atom. The van der Waals surface area contributed by atoms with Crippen molar-refractivity contribution in [2.24, 2.45) is 0 Å². The summed E-state index contributed by atoms with van der Waals surface area (Å²) in [5.74, 6) is 1.59. The summed E-state index contributed by atoms with van der Waals surface area (Å²) in [5.41, 5.74) is 2.75. The summed E-state index contributed by atoms with van der Waals surface area (Å²) in [6.45, 7) is 3.09. The number of morpholine rings is 1. The molecule has 1 aromatic carbocycles. The predicted octanol–water partition coefficient (Wildman–Crippen LogP) is 1.14. The van der Waals surface area contributed by atoms with Gasteiger partial charge in [-0.25, -0.2) is 9.50 Å². The number of anilines is 1. The predicted molar refractivity (Wildman–Crippen MR) is 92.4 cm³/mol. The van der Waals surface area contributed by atoms with Gasteiger partial charge in [0.25, 0.3) is 0 Å². The molecule has 0 saturated carbocycles. The molecule has 0 amide bonds. The lowest BCUT2D eigenvalue weighted by Crippen LogP contribution is -2.37. The first-order valence-electron chi connectivity index (χ1n) is 8.14. The molecule has 4 rings (SSSR count). The Labute approximate surface area is 149 Å². The Morgan fingerprint density at radius 1 is 1.15 bits per heavy atom. The first kappa shape index (κ1) is 17.8. The molecule has 1 N–H and O–H groups in total. The Hall–Kier alpha value is -3.06. The van der Waals surface area contributed by atoms with Crippen LogP contribution in [0.5, 0.6) is 0 Å². The molecule has 0 aliphatic carbocycles. The van der Waals surface area contributed by atoms with Gasteiger partial charge < -0.3 is 14.7 Å². The largest absolute Gasteiger partial charge is 0.392 e. The maximum absolute atomic E-state index is 9.34. The zero-order valence-corrected chi connectivity index (χ0v) is 14.0. The minimum atomic E-state index is 0.00985. The lowest BCUT2D eigenvalue weighted by atomic mass is 10.1. The molecule has 0 bridgehead atoms. The third kappa shape index (κ3) is 3.78. The van der Waals surface area contributed by atoms with Crippen LogP contribution in [0, 0.1) is 0 Å². The van der Waals surface area contributed by atoms with Gasteiger partial charge in [0.05, 0.1) is 19.8 Å². The average molecular weight is 354 g/mol. The van der Waals surface area contributed by atoms with Crippen LogP contribution in [0.4, 0.5) is 5.82 Å². The molecule has 1 aliphatic heterocycles. The van der Waals surface area contributed by atoms with Crippen LogP contribution in [0.2, 0.25) is 0 Å². The van der Waals surface area contributed by atoms with E-state index in [1.165, 1.54) is 0 Å². The van der Waals surface area contributed by atoms with Crippen LogP contribution in [-0.4, -0.2) is 52.2 Å². The maximum atomic E-state index is 9.34. The summed E-state index contributed by atoms with van der Waals surface area (Å²) in [4.78, 5) is 23.3. The molecule has 2 aromatic heterocycles. The van der Waals surface area contributed by atoms with Crippen molar-refractivity contribution in [1.82, 2.24) is 14.6 Å². The highest BCUT2D eigenvalue weighted by Gasteiger charge is 2.18. The molecule has 1 aliphatic rings. The molecule has 134 valence electrons. The van der Waals surface area contributed by atoms with Crippen molar-refractivity contribution in [2.45, 2.75) is 6.61 Å². The van der Waals surface area contributed by atoms with E-state index in [9.17, 15) is 5.11 Å². The molecule has 8 nitrogen and oxygen atoms in total. The van der Waals surface area contributed by atoms with Gasteiger partial charge in [-0.15, -0.1) is 5.10 Å². The SMILES string of the molecule is O=C=O.OCc1cccc(-c2nc(N3CCOCC3)c3cccn3n2)c1. The summed E-state index contributed by atoms with van der Waals surface area (Å²) in [5, 5.41) is 13.9. The van der Waals surface area contributed by atoms with E-state index >= 15 is 0 Å². The fourth-order valence-electron chi connectivity index (χ4n) is 2.86. The maximum Gasteiger partial charge on any atom is 0.373 e. The highest BCUT2D eigenvalue weighted by Crippen LogP contribution is 2.25. The van der Waals surface area contributed by atoms with Crippen molar-refractivity contribution in [3.63, 3.8) is 0 Å². The molecule has 0 spiro atoms. The van der Waals surface area contributed by atoms with Crippen LogP contribution in [-0.2, 0) is 20.9 Å². The van der Waals surface area contributed by atoms with Gasteiger partial charge in [0, 0.05) is 24.8 Å². The fourth-order valence-corrected chi connectivity index (χ4v) is 2.86. The van der Waals surface area contributed by atoms with Gasteiger partial charge >= 0.3 is 6.15 Å². The van der Waals surface area contributed by atoms with Crippen molar-refractivity contribution in [3.8, 4) is 11.4 Å². The van der Waals surface area contributed by atoms with Gasteiger partial charge in [0.15, 0.2) is 11.6 Å². The van der Waals surface area contributed by atoms with Gasteiger partial charge in [-0.2, -0.15) is 9.59 Å². The van der Waals surface area contributed by atoms with E-state index < -0.39 is 0 Å². The van der Waals surface area contributed by atoms with Crippen molar-refractivity contribution in [2.75, 3.05) is 31.2 Å². The normalized spacial score (nSPS) is 13.8. The van der Waals surface area contributed by atoms with Gasteiger partial charge in [-0.1, -0.05) is 18.2 Å². The van der Waals surface area contributed by atoms with E-state index in [0.717, 1.165) is 35.6 Å². The lowest BCUT2D eigenvalue weighted by Gasteiger charge is -2.28. The van der Waals surface area contributed by atoms with Crippen molar-refractivity contribution in [3.05, 3.63) is 48.2 Å². The summed E-state index contributed by atoms with van der Waals surface area (Å²) in [7, 11) is 0. The van der Waals surface area contributed by atoms with Crippen LogP contribution in [0.25, 0.3) is 16.9 Å². The molecule has 3 heterocycles. The number of fused-ring (bicyclic) bond motifs is 1. The highest BCUT2D eigenvalue weighted by molar-refractivity contribution is 5.71. The van der Waals surface area contributed by atoms with Crippen LogP contribution < -0.4 is 4.90 Å². The third-order valence-corrected chi connectivity index (χ3v) is 4.05. The van der Waals surface area contributed by atoms with Gasteiger partial charge in [-0.05, 0) is 23.8 Å². The summed E-state index contributed by atoms with van der Waals surface area (Å²) < 4.78 is 7.30. The van der Waals surface area contributed by atoms with Crippen LogP contribution >= 0.6 is 0 Å². The van der Waals surface area contributed by atoms with Gasteiger partial charge in [0.2, 0.25) is 0 Å². The zero-order valence-electron chi connectivity index (χ0n) is 14.0. The Kier molecular flexibility index (Phi) is 5.70. The molecular weight excluding hydrogens is 336 g/mol. The summed E-state index contributed by atoms with van der Waals surface area (Å²) in [6.07, 6.45) is 2.18. The lowest BCUT2D eigenvalue weighted by molar-refractivity contribution is -0.191. The Balaban J connectivity index is 0.000000613. The number of carbonyl (C=O) groups excluding carboxylic acids is 2. The molecule has 26 heavy (non-hydrogen) atoms. The monoisotopic (exact) mass is 354 g/mol. The van der Waals surface area contributed by atoms with Crippen molar-refractivity contribution < 1.29 is 19.4 Å². The Morgan fingerprint density at radius 2 is 1.92 bits per heavy atom. The number of rotatable bonds is 3. The molecule has 0 radical (unpaired) electrons. The standard InChI is InChI=1S/C17H18N4O2.CO2/c22-12-13-3-1-4-14(11-13)16-18-17(20-7-9-23-10-8-20)15-5-2-6-21(15)19-16;2-1-3/h1-6,11,22H,7-10,12H2;. The van der Waals surface area contributed by atoms with Crippen molar-refractivity contribution >= 4 is 17.5 Å². The number of aliphatic hydroxyl groups is 1. The highest BCUT2D eigenvalue weighted by atomic mass is 16.5. The minimum Gasteiger partial charge on any atom is -0.392 e. The minimum absolute atomic E-state index is 0.00985. The number of aliphatic hydroxyl groups excluding tert-OH is 1. The number of aromatic nitrogens is 3. The third-order valence-electron chi connectivity index (χ3n) is 4.05. The van der Waals surface area contributed by atoms with E-state index in [1.54, 1.807) is 0 Å². The molecule has 1 saturated heterocycles.